The van der Waals surface area contributed by atoms with Gasteiger partial charge in [0.15, 0.2) is 0 Å². The van der Waals surface area contributed by atoms with E-state index in [2.05, 4.69) is 46.1 Å². The van der Waals surface area contributed by atoms with Crippen LogP contribution in [0.25, 0.3) is 0 Å². The van der Waals surface area contributed by atoms with Gasteiger partial charge in [0.25, 0.3) is 0 Å². The predicted molar refractivity (Wildman–Crippen MR) is 89.0 cm³/mol. The first-order valence-electron chi connectivity index (χ1n) is 6.80. The Morgan fingerprint density at radius 3 is 1.44 bits per heavy atom. The van der Waals surface area contributed by atoms with E-state index >= 15 is 0 Å². The Bertz CT molecular complexity index is 305. The molecular weight excluding hydrogens is 216 g/mol. The monoisotopic (exact) mass is 248 g/mol. The summed E-state index contributed by atoms with van der Waals surface area (Å²) >= 11 is 0. The van der Waals surface area contributed by atoms with Crippen molar-refractivity contribution in [2.45, 2.75) is 55.4 Å². The lowest BCUT2D eigenvalue weighted by Gasteiger charge is -2.01. The Morgan fingerprint density at radius 2 is 1.17 bits per heavy atom. The maximum atomic E-state index is 3.81. The summed E-state index contributed by atoms with van der Waals surface area (Å²) in [4.78, 5) is 0. The molecular formula is C18H32. The third kappa shape index (κ3) is 12.8. The van der Waals surface area contributed by atoms with Gasteiger partial charge in [-0.1, -0.05) is 76.3 Å². The van der Waals surface area contributed by atoms with Crippen molar-refractivity contribution in [2.75, 3.05) is 0 Å². The second-order valence-electron chi connectivity index (χ2n) is 3.66. The number of hydrogen-bond acceptors (Lipinski definition) is 0. The molecule has 0 atom stereocenters. The second kappa shape index (κ2) is 15.7. The molecule has 0 nitrogen and oxygen atoms in total. The minimum Gasteiger partial charge on any atom is -0.0988 e. The summed E-state index contributed by atoms with van der Waals surface area (Å²) in [6, 6.07) is 0. The van der Waals surface area contributed by atoms with E-state index in [1.165, 1.54) is 11.1 Å². The van der Waals surface area contributed by atoms with E-state index in [0.29, 0.717) is 0 Å². The molecule has 0 aliphatic heterocycles. The molecule has 18 heavy (non-hydrogen) atoms. The molecule has 0 unspecified atom stereocenters. The van der Waals surface area contributed by atoms with Crippen molar-refractivity contribution < 1.29 is 0 Å². The molecule has 0 aliphatic carbocycles. The van der Waals surface area contributed by atoms with E-state index in [-0.39, 0.29) is 0 Å². The standard InChI is InChI=1S/C14H20.2C2H6/c1-7-12(5)10-14(8-2)13(6)9-11(3)4;2*1-2/h7-10H,1-2H2,3-6H3;2*1-2H3/b12-10-,14-13+;;. The van der Waals surface area contributed by atoms with E-state index in [1.54, 1.807) is 0 Å². The molecule has 0 bridgehead atoms. The Balaban J connectivity index is -0.000000506. The summed E-state index contributed by atoms with van der Waals surface area (Å²) < 4.78 is 0. The summed E-state index contributed by atoms with van der Waals surface area (Å²) in [5.74, 6) is 0. The topological polar surface area (TPSA) is 0 Å². The predicted octanol–water partition coefficient (Wildman–Crippen LogP) is 6.64. The largest absolute Gasteiger partial charge is 0.0988 e. The summed E-state index contributed by atoms with van der Waals surface area (Å²) in [6.45, 7) is 23.8. The van der Waals surface area contributed by atoms with Gasteiger partial charge in [0.2, 0.25) is 0 Å². The van der Waals surface area contributed by atoms with E-state index < -0.39 is 0 Å². The van der Waals surface area contributed by atoms with Crippen LogP contribution in [-0.4, -0.2) is 0 Å². The van der Waals surface area contributed by atoms with E-state index in [4.69, 9.17) is 0 Å². The number of rotatable bonds is 4. The molecule has 0 amide bonds. The van der Waals surface area contributed by atoms with Crippen molar-refractivity contribution in [2.24, 2.45) is 0 Å². The van der Waals surface area contributed by atoms with Gasteiger partial charge >= 0.3 is 0 Å². The van der Waals surface area contributed by atoms with Crippen LogP contribution in [0.3, 0.4) is 0 Å². The fourth-order valence-electron chi connectivity index (χ4n) is 1.15. The van der Waals surface area contributed by atoms with Crippen LogP contribution in [0.2, 0.25) is 0 Å². The highest BCUT2D eigenvalue weighted by atomic mass is 14.0. The van der Waals surface area contributed by atoms with Crippen LogP contribution in [0.4, 0.5) is 0 Å². The second-order valence-corrected chi connectivity index (χ2v) is 3.66. The van der Waals surface area contributed by atoms with Crippen LogP contribution in [0.5, 0.6) is 0 Å². The Kier molecular flexibility index (Phi) is 19.1. The zero-order valence-electron chi connectivity index (χ0n) is 13.7. The summed E-state index contributed by atoms with van der Waals surface area (Å²) in [7, 11) is 0. The molecule has 0 N–H and O–H groups in total. The van der Waals surface area contributed by atoms with Gasteiger partial charge in [0, 0.05) is 0 Å². The molecule has 0 aromatic carbocycles. The lowest BCUT2D eigenvalue weighted by atomic mass is 10.0. The van der Waals surface area contributed by atoms with Crippen LogP contribution in [0.1, 0.15) is 55.4 Å². The van der Waals surface area contributed by atoms with Crippen LogP contribution >= 0.6 is 0 Å². The molecule has 0 heterocycles. The molecule has 0 heteroatoms. The van der Waals surface area contributed by atoms with Crippen molar-refractivity contribution in [3.05, 3.63) is 59.8 Å². The van der Waals surface area contributed by atoms with Crippen LogP contribution in [0, 0.1) is 0 Å². The molecule has 0 aromatic rings. The minimum atomic E-state index is 1.15. The highest BCUT2D eigenvalue weighted by Gasteiger charge is 1.93. The van der Waals surface area contributed by atoms with Crippen molar-refractivity contribution in [3.8, 4) is 0 Å². The zero-order chi connectivity index (χ0) is 15.1. The summed E-state index contributed by atoms with van der Waals surface area (Å²) in [5, 5.41) is 0. The van der Waals surface area contributed by atoms with Crippen molar-refractivity contribution in [1.29, 1.82) is 0 Å². The van der Waals surface area contributed by atoms with Gasteiger partial charge in [0.1, 0.15) is 0 Å². The maximum absolute atomic E-state index is 3.81. The first-order chi connectivity index (χ1) is 8.51. The first kappa shape index (κ1) is 21.9. The lowest BCUT2D eigenvalue weighted by molar-refractivity contribution is 1.33. The average Bonchev–Trinajstić information content (AvgIpc) is 2.39. The molecule has 0 rings (SSSR count). The van der Waals surface area contributed by atoms with Crippen molar-refractivity contribution >= 4 is 0 Å². The summed E-state index contributed by atoms with van der Waals surface area (Å²) in [6.07, 6.45) is 7.97. The molecule has 0 spiro atoms. The third-order valence-electron chi connectivity index (χ3n) is 1.89. The number of hydrogen-bond donors (Lipinski definition) is 0. The van der Waals surface area contributed by atoms with Gasteiger partial charge in [-0.25, -0.2) is 0 Å². The van der Waals surface area contributed by atoms with Gasteiger partial charge in [0.05, 0.1) is 0 Å². The highest BCUT2D eigenvalue weighted by Crippen LogP contribution is 2.13. The summed E-state index contributed by atoms with van der Waals surface area (Å²) in [5.41, 5.74) is 4.85. The van der Waals surface area contributed by atoms with Crippen molar-refractivity contribution in [3.63, 3.8) is 0 Å². The molecule has 0 saturated heterocycles. The Labute approximate surface area is 116 Å². The molecule has 0 radical (unpaired) electrons. The fourth-order valence-corrected chi connectivity index (χ4v) is 1.15. The van der Waals surface area contributed by atoms with Crippen molar-refractivity contribution in [1.82, 2.24) is 0 Å². The smallest absolute Gasteiger partial charge is 0.0231 e. The fraction of sp³-hybridized carbons (Fsp3) is 0.444. The SMILES string of the molecule is C=C/C(C)=C\C(C=C)=C(/C)C=C(C)C.CC.CC. The third-order valence-corrected chi connectivity index (χ3v) is 1.89. The zero-order valence-corrected chi connectivity index (χ0v) is 13.7. The van der Waals surface area contributed by atoms with Crippen LogP contribution < -0.4 is 0 Å². The van der Waals surface area contributed by atoms with E-state index in [0.717, 1.165) is 11.1 Å². The van der Waals surface area contributed by atoms with E-state index in [1.807, 2.05) is 46.8 Å². The minimum absolute atomic E-state index is 1.15. The molecule has 0 aliphatic rings. The van der Waals surface area contributed by atoms with Gasteiger partial charge in [-0.15, -0.1) is 0 Å². The van der Waals surface area contributed by atoms with Gasteiger partial charge in [-0.2, -0.15) is 0 Å². The van der Waals surface area contributed by atoms with Gasteiger partial charge in [-0.3, -0.25) is 0 Å². The molecule has 0 fully saturated rings. The Hall–Kier alpha value is -1.30. The number of allylic oxidation sites excluding steroid dienone is 8. The van der Waals surface area contributed by atoms with Crippen LogP contribution in [-0.2, 0) is 0 Å². The van der Waals surface area contributed by atoms with Gasteiger partial charge in [-0.05, 0) is 38.8 Å². The highest BCUT2D eigenvalue weighted by molar-refractivity contribution is 5.42. The van der Waals surface area contributed by atoms with E-state index in [9.17, 15) is 0 Å². The molecule has 0 saturated carbocycles. The Morgan fingerprint density at radius 1 is 0.722 bits per heavy atom. The van der Waals surface area contributed by atoms with Gasteiger partial charge < -0.3 is 0 Å². The molecule has 0 aromatic heterocycles. The first-order valence-corrected chi connectivity index (χ1v) is 6.80. The average molecular weight is 248 g/mol. The maximum Gasteiger partial charge on any atom is -0.0231 e. The molecule has 104 valence electrons. The lowest BCUT2D eigenvalue weighted by Crippen LogP contribution is -1.81. The van der Waals surface area contributed by atoms with Crippen LogP contribution in [0.15, 0.2) is 59.8 Å². The quantitative estimate of drug-likeness (QED) is 0.489. The normalized spacial score (nSPS) is 10.8.